The van der Waals surface area contributed by atoms with Crippen molar-refractivity contribution in [3.63, 3.8) is 0 Å². The molecular weight excluding hydrogens is 274 g/mol. The van der Waals surface area contributed by atoms with Gasteiger partial charge in [0.15, 0.2) is 0 Å². The zero-order chi connectivity index (χ0) is 15.4. The van der Waals surface area contributed by atoms with Gasteiger partial charge in [-0.05, 0) is 37.4 Å². The zero-order valence-corrected chi connectivity index (χ0v) is 13.6. The van der Waals surface area contributed by atoms with Crippen LogP contribution in [0.5, 0.6) is 0 Å². The molecule has 22 heavy (non-hydrogen) atoms. The Labute approximate surface area is 133 Å². The minimum atomic E-state index is 0.0664. The number of rotatable bonds is 3. The highest BCUT2D eigenvalue weighted by Crippen LogP contribution is 2.15. The summed E-state index contributed by atoms with van der Waals surface area (Å²) in [5, 5.41) is 3.37. The van der Waals surface area contributed by atoms with Crippen molar-refractivity contribution in [3.05, 3.63) is 35.4 Å². The van der Waals surface area contributed by atoms with E-state index in [9.17, 15) is 4.79 Å². The third-order valence-electron chi connectivity index (χ3n) is 4.95. The van der Waals surface area contributed by atoms with E-state index in [-0.39, 0.29) is 6.04 Å². The Kier molecular flexibility index (Phi) is 5.11. The van der Waals surface area contributed by atoms with Gasteiger partial charge in [0.2, 0.25) is 5.91 Å². The number of hydrogen-bond donors (Lipinski definition) is 1. The van der Waals surface area contributed by atoms with Gasteiger partial charge >= 0.3 is 0 Å². The number of piperazine rings is 1. The molecule has 2 aliphatic rings. The quantitative estimate of drug-likeness (QED) is 0.924. The van der Waals surface area contributed by atoms with Crippen molar-refractivity contribution in [2.45, 2.75) is 38.8 Å². The number of hydrogen-bond acceptors (Lipinski definition) is 3. The molecule has 2 fully saturated rings. The van der Waals surface area contributed by atoms with Crippen molar-refractivity contribution < 1.29 is 4.79 Å². The molecular formula is C18H27N3O. The normalized spacial score (nSPS) is 23.5. The second kappa shape index (κ2) is 7.25. The second-order valence-electron chi connectivity index (χ2n) is 6.53. The van der Waals surface area contributed by atoms with Gasteiger partial charge in [-0.25, -0.2) is 0 Å². The fourth-order valence-corrected chi connectivity index (χ4v) is 3.44. The maximum absolute atomic E-state index is 12.5. The predicted molar refractivity (Wildman–Crippen MR) is 88.7 cm³/mol. The highest BCUT2D eigenvalue weighted by molar-refractivity contribution is 5.82. The van der Waals surface area contributed by atoms with Gasteiger partial charge in [0.1, 0.15) is 0 Å². The summed E-state index contributed by atoms with van der Waals surface area (Å²) < 4.78 is 0. The summed E-state index contributed by atoms with van der Waals surface area (Å²) in [6.07, 6.45) is 3.38. The SMILES string of the molecule is Cc1ccccc1CN1CCN(C(=O)C2CCCCN2)CC1. The molecule has 2 aliphatic heterocycles. The Morgan fingerprint density at radius 3 is 2.64 bits per heavy atom. The molecule has 4 heteroatoms. The van der Waals surface area contributed by atoms with Gasteiger partial charge in [-0.2, -0.15) is 0 Å². The number of nitrogens with one attached hydrogen (secondary N) is 1. The van der Waals surface area contributed by atoms with Gasteiger partial charge in [-0.15, -0.1) is 0 Å². The number of piperidine rings is 1. The Morgan fingerprint density at radius 2 is 1.95 bits per heavy atom. The molecule has 1 atom stereocenters. The van der Waals surface area contributed by atoms with Crippen molar-refractivity contribution in [3.8, 4) is 0 Å². The highest BCUT2D eigenvalue weighted by atomic mass is 16.2. The minimum absolute atomic E-state index is 0.0664. The molecule has 1 unspecified atom stereocenters. The van der Waals surface area contributed by atoms with E-state index in [1.165, 1.54) is 24.0 Å². The van der Waals surface area contributed by atoms with E-state index < -0.39 is 0 Å². The van der Waals surface area contributed by atoms with Crippen LogP contribution in [0.2, 0.25) is 0 Å². The third kappa shape index (κ3) is 3.68. The summed E-state index contributed by atoms with van der Waals surface area (Å²) in [5.74, 6) is 0.315. The van der Waals surface area contributed by atoms with E-state index in [0.717, 1.165) is 45.7 Å². The van der Waals surface area contributed by atoms with E-state index in [2.05, 4.69) is 46.3 Å². The van der Waals surface area contributed by atoms with Gasteiger partial charge in [-0.1, -0.05) is 30.7 Å². The van der Waals surface area contributed by atoms with Crippen LogP contribution < -0.4 is 5.32 Å². The first-order valence-electron chi connectivity index (χ1n) is 8.53. The first-order valence-corrected chi connectivity index (χ1v) is 8.53. The zero-order valence-electron chi connectivity index (χ0n) is 13.6. The van der Waals surface area contributed by atoms with Crippen molar-refractivity contribution in [1.82, 2.24) is 15.1 Å². The van der Waals surface area contributed by atoms with Gasteiger partial charge < -0.3 is 10.2 Å². The molecule has 1 N–H and O–H groups in total. The number of carbonyl (C=O) groups is 1. The van der Waals surface area contributed by atoms with Crippen LogP contribution in [-0.2, 0) is 11.3 Å². The summed E-state index contributed by atoms with van der Waals surface area (Å²) in [6, 6.07) is 8.64. The molecule has 4 nitrogen and oxygen atoms in total. The Bertz CT molecular complexity index is 503. The lowest BCUT2D eigenvalue weighted by atomic mass is 10.0. The van der Waals surface area contributed by atoms with Crippen LogP contribution in [0.3, 0.4) is 0 Å². The highest BCUT2D eigenvalue weighted by Gasteiger charge is 2.28. The average Bonchev–Trinajstić information content (AvgIpc) is 2.58. The molecule has 1 amide bonds. The number of aryl methyl sites for hydroxylation is 1. The molecule has 0 bridgehead atoms. The van der Waals surface area contributed by atoms with E-state index in [1.54, 1.807) is 0 Å². The van der Waals surface area contributed by atoms with E-state index in [4.69, 9.17) is 0 Å². The number of amides is 1. The largest absolute Gasteiger partial charge is 0.339 e. The fourth-order valence-electron chi connectivity index (χ4n) is 3.44. The van der Waals surface area contributed by atoms with Crippen molar-refractivity contribution in [2.24, 2.45) is 0 Å². The molecule has 2 heterocycles. The van der Waals surface area contributed by atoms with Crippen LogP contribution in [0.15, 0.2) is 24.3 Å². The second-order valence-corrected chi connectivity index (χ2v) is 6.53. The van der Waals surface area contributed by atoms with Gasteiger partial charge in [-0.3, -0.25) is 9.69 Å². The van der Waals surface area contributed by atoms with E-state index in [0.29, 0.717) is 5.91 Å². The molecule has 0 saturated carbocycles. The summed E-state index contributed by atoms with van der Waals surface area (Å²) in [7, 11) is 0. The molecule has 3 rings (SSSR count). The Hall–Kier alpha value is -1.39. The standard InChI is InChI=1S/C18H27N3O/c1-15-6-2-3-7-16(15)14-20-10-12-21(13-11-20)18(22)17-8-4-5-9-19-17/h2-3,6-7,17,19H,4-5,8-14H2,1H3. The maximum Gasteiger partial charge on any atom is 0.239 e. The Morgan fingerprint density at radius 1 is 1.18 bits per heavy atom. The van der Waals surface area contributed by atoms with Crippen molar-refractivity contribution in [2.75, 3.05) is 32.7 Å². The van der Waals surface area contributed by atoms with Crippen LogP contribution in [-0.4, -0.2) is 54.5 Å². The smallest absolute Gasteiger partial charge is 0.239 e. The van der Waals surface area contributed by atoms with Gasteiger partial charge in [0, 0.05) is 32.7 Å². The van der Waals surface area contributed by atoms with Crippen LogP contribution in [0.25, 0.3) is 0 Å². The van der Waals surface area contributed by atoms with Crippen LogP contribution in [0.4, 0.5) is 0 Å². The molecule has 0 aliphatic carbocycles. The lowest BCUT2D eigenvalue weighted by molar-refractivity contribution is -0.135. The summed E-state index contributed by atoms with van der Waals surface area (Å²) in [5.41, 5.74) is 2.75. The first kappa shape index (κ1) is 15.5. The molecule has 2 saturated heterocycles. The summed E-state index contributed by atoms with van der Waals surface area (Å²) >= 11 is 0. The summed E-state index contributed by atoms with van der Waals surface area (Å²) in [6.45, 7) is 7.84. The average molecular weight is 301 g/mol. The molecule has 0 aromatic heterocycles. The fraction of sp³-hybridized carbons (Fsp3) is 0.611. The monoisotopic (exact) mass is 301 g/mol. The number of carbonyl (C=O) groups excluding carboxylic acids is 1. The third-order valence-corrected chi connectivity index (χ3v) is 4.95. The predicted octanol–water partition coefficient (Wildman–Crippen LogP) is 1.78. The molecule has 1 aromatic rings. The number of benzene rings is 1. The van der Waals surface area contributed by atoms with E-state index in [1.807, 2.05) is 0 Å². The maximum atomic E-state index is 12.5. The molecule has 0 radical (unpaired) electrons. The molecule has 1 aromatic carbocycles. The van der Waals surface area contributed by atoms with Gasteiger partial charge in [0.05, 0.1) is 6.04 Å². The topological polar surface area (TPSA) is 35.6 Å². The van der Waals surface area contributed by atoms with Crippen molar-refractivity contribution >= 4 is 5.91 Å². The summed E-state index contributed by atoms with van der Waals surface area (Å²) in [4.78, 5) is 17.0. The van der Waals surface area contributed by atoms with Crippen molar-refractivity contribution in [1.29, 1.82) is 0 Å². The lowest BCUT2D eigenvalue weighted by Gasteiger charge is -2.37. The molecule has 0 spiro atoms. The van der Waals surface area contributed by atoms with Gasteiger partial charge in [0.25, 0.3) is 0 Å². The van der Waals surface area contributed by atoms with Crippen LogP contribution in [0, 0.1) is 6.92 Å². The van der Waals surface area contributed by atoms with Crippen LogP contribution >= 0.6 is 0 Å². The molecule has 120 valence electrons. The Balaban J connectivity index is 1.50. The van der Waals surface area contributed by atoms with Crippen LogP contribution in [0.1, 0.15) is 30.4 Å². The minimum Gasteiger partial charge on any atom is -0.339 e. The lowest BCUT2D eigenvalue weighted by Crippen LogP contribution is -2.54. The number of nitrogens with zero attached hydrogens (tertiary/aromatic N) is 2. The van der Waals surface area contributed by atoms with E-state index >= 15 is 0 Å². The first-order chi connectivity index (χ1) is 10.7.